The van der Waals surface area contributed by atoms with E-state index in [-0.39, 0.29) is 52.6 Å². The molecule has 3 unspecified atom stereocenters. The summed E-state index contributed by atoms with van der Waals surface area (Å²) in [5.74, 6) is -0.550. The van der Waals surface area contributed by atoms with E-state index in [1.54, 1.807) is 18.6 Å². The Kier molecular flexibility index (Phi) is 5.92. The number of fused-ring (bicyclic) bond motifs is 5. The molecule has 3 aliphatic carbocycles. The van der Waals surface area contributed by atoms with Crippen molar-refractivity contribution in [1.82, 2.24) is 0 Å². The van der Waals surface area contributed by atoms with Gasteiger partial charge in [-0.3, -0.25) is 9.59 Å². The van der Waals surface area contributed by atoms with Gasteiger partial charge in [-0.2, -0.15) is 0 Å². The second-order valence-corrected chi connectivity index (χ2v) is 12.4. The molecule has 0 bridgehead atoms. The van der Waals surface area contributed by atoms with Crippen LogP contribution in [0.3, 0.4) is 0 Å². The van der Waals surface area contributed by atoms with Gasteiger partial charge in [0, 0.05) is 42.2 Å². The molecule has 0 amide bonds. The van der Waals surface area contributed by atoms with Gasteiger partial charge in [0.05, 0.1) is 12.5 Å². The summed E-state index contributed by atoms with van der Waals surface area (Å²) in [4.78, 5) is 37.2. The van der Waals surface area contributed by atoms with Crippen molar-refractivity contribution in [2.45, 2.75) is 92.0 Å². The first kappa shape index (κ1) is 25.1. The Morgan fingerprint density at radius 3 is 2.31 bits per heavy atom. The molecule has 7 heteroatoms. The smallest absolute Gasteiger partial charge is 0.331 e. The van der Waals surface area contributed by atoms with E-state index in [1.807, 2.05) is 6.07 Å². The third-order valence-corrected chi connectivity index (χ3v) is 10.3. The number of rotatable bonds is 3. The predicted octanol–water partition coefficient (Wildman–Crippen LogP) is 5.55. The molecule has 1 aliphatic heterocycles. The van der Waals surface area contributed by atoms with Crippen molar-refractivity contribution in [3.63, 3.8) is 0 Å². The molecule has 0 N–H and O–H groups in total. The van der Waals surface area contributed by atoms with E-state index in [4.69, 9.17) is 18.6 Å². The molecule has 2 heterocycles. The third-order valence-electron chi connectivity index (χ3n) is 10.3. The maximum Gasteiger partial charge on any atom is 0.331 e. The highest BCUT2D eigenvalue weighted by Gasteiger charge is 2.68. The Hall–Kier alpha value is -2.57. The highest BCUT2D eigenvalue weighted by molar-refractivity contribution is 5.84. The monoisotopic (exact) mass is 498 g/mol. The van der Waals surface area contributed by atoms with Crippen molar-refractivity contribution >= 4 is 17.9 Å². The van der Waals surface area contributed by atoms with Gasteiger partial charge in [-0.15, -0.1) is 0 Å². The van der Waals surface area contributed by atoms with Gasteiger partial charge in [-0.1, -0.05) is 27.7 Å². The quantitative estimate of drug-likeness (QED) is 0.399. The van der Waals surface area contributed by atoms with Crippen LogP contribution in [-0.4, -0.2) is 30.1 Å². The standard InChI is InChI=1S/C29H38O7/c1-16(30)34-23-9-11-28(5)21-8-7-19-20(13-25(32)36-26(19)18-10-12-33-15-18)29(21,6)24(35-17(2)31)14-22(28)27(23,3)4/h10,12-13,15,19,21-24,26H,7-9,11,14H2,1-6H3/t19?,21?,22?,23-,24-,26+,28-,29+/m1/s1. The molecule has 0 aromatic carbocycles. The fraction of sp³-hybridized carbons (Fsp3) is 0.690. The van der Waals surface area contributed by atoms with Crippen LogP contribution in [0, 0.1) is 34.0 Å². The van der Waals surface area contributed by atoms with E-state index < -0.39 is 17.6 Å². The van der Waals surface area contributed by atoms with E-state index in [1.165, 1.54) is 13.8 Å². The number of carbonyl (C=O) groups is 3. The van der Waals surface area contributed by atoms with Crippen molar-refractivity contribution in [2.24, 2.45) is 34.0 Å². The van der Waals surface area contributed by atoms with Crippen molar-refractivity contribution < 1.29 is 33.0 Å². The van der Waals surface area contributed by atoms with Crippen LogP contribution in [0.1, 0.15) is 85.3 Å². The second kappa shape index (κ2) is 8.49. The molecule has 8 atom stereocenters. The van der Waals surface area contributed by atoms with Gasteiger partial charge in [0.15, 0.2) is 0 Å². The van der Waals surface area contributed by atoms with Crippen LogP contribution >= 0.6 is 0 Å². The van der Waals surface area contributed by atoms with Crippen molar-refractivity contribution in [1.29, 1.82) is 0 Å². The average molecular weight is 499 g/mol. The normalized spacial score (nSPS) is 41.1. The van der Waals surface area contributed by atoms with Crippen molar-refractivity contribution in [3.8, 4) is 0 Å². The summed E-state index contributed by atoms with van der Waals surface area (Å²) in [7, 11) is 0. The highest BCUT2D eigenvalue weighted by Crippen LogP contribution is 2.71. The van der Waals surface area contributed by atoms with Gasteiger partial charge in [-0.25, -0.2) is 4.79 Å². The summed E-state index contributed by atoms with van der Waals surface area (Å²) in [6, 6.07) is 1.86. The van der Waals surface area contributed by atoms with Gasteiger partial charge in [-0.05, 0) is 61.0 Å². The molecule has 1 aromatic rings. The molecule has 4 aliphatic rings. The van der Waals surface area contributed by atoms with Gasteiger partial charge in [0.2, 0.25) is 0 Å². The minimum absolute atomic E-state index is 0.00477. The lowest BCUT2D eigenvalue weighted by molar-refractivity contribution is -0.226. The maximum absolute atomic E-state index is 12.9. The fourth-order valence-electron chi connectivity index (χ4n) is 8.80. The van der Waals surface area contributed by atoms with Crippen LogP contribution < -0.4 is 0 Å². The first-order valence-corrected chi connectivity index (χ1v) is 13.2. The Bertz CT molecular complexity index is 1090. The number of ether oxygens (including phenoxy) is 3. The third kappa shape index (κ3) is 3.64. The summed E-state index contributed by atoms with van der Waals surface area (Å²) < 4.78 is 23.1. The fourth-order valence-corrected chi connectivity index (χ4v) is 8.80. The molecular formula is C29H38O7. The second-order valence-electron chi connectivity index (χ2n) is 12.4. The van der Waals surface area contributed by atoms with Crippen LogP contribution in [-0.2, 0) is 28.6 Å². The Morgan fingerprint density at radius 2 is 1.67 bits per heavy atom. The largest absolute Gasteiger partial charge is 0.472 e. The molecule has 196 valence electrons. The van der Waals surface area contributed by atoms with E-state index in [0.29, 0.717) is 6.42 Å². The predicted molar refractivity (Wildman–Crippen MR) is 130 cm³/mol. The number of hydrogen-bond acceptors (Lipinski definition) is 7. The molecule has 0 saturated heterocycles. The molecule has 1 aromatic heterocycles. The molecule has 3 fully saturated rings. The van der Waals surface area contributed by atoms with Crippen molar-refractivity contribution in [3.05, 3.63) is 35.8 Å². The summed E-state index contributed by atoms with van der Waals surface area (Å²) in [6.07, 6.45) is 8.12. The van der Waals surface area contributed by atoms with Crippen LogP contribution in [0.25, 0.3) is 0 Å². The number of carbonyl (C=O) groups excluding carboxylic acids is 3. The number of cyclic esters (lactones) is 1. The van der Waals surface area contributed by atoms with E-state index >= 15 is 0 Å². The lowest BCUT2D eigenvalue weighted by Crippen LogP contribution is -2.65. The molecule has 36 heavy (non-hydrogen) atoms. The van der Waals surface area contributed by atoms with E-state index in [9.17, 15) is 14.4 Å². The SMILES string of the molecule is CC(=O)O[C@@H]1CC[C@@]2(C)C(C[C@@H](OC(C)=O)[C@@]3(C)C4=CC(=O)O[C@@H](c5ccoc5)C4CCC23)C1(C)C. The molecule has 5 rings (SSSR count). The van der Waals surface area contributed by atoms with Crippen LogP contribution in [0.5, 0.6) is 0 Å². The molecule has 3 saturated carbocycles. The van der Waals surface area contributed by atoms with Gasteiger partial charge in [0.25, 0.3) is 0 Å². The lowest BCUT2D eigenvalue weighted by atomic mass is 9.38. The molecule has 0 spiro atoms. The zero-order valence-corrected chi connectivity index (χ0v) is 22.2. The van der Waals surface area contributed by atoms with E-state index in [0.717, 1.165) is 36.8 Å². The van der Waals surface area contributed by atoms with E-state index in [2.05, 4.69) is 27.7 Å². The number of furan rings is 1. The topological polar surface area (TPSA) is 92.0 Å². The summed E-state index contributed by atoms with van der Waals surface area (Å²) in [5, 5.41) is 0. The number of hydrogen-bond donors (Lipinski definition) is 0. The molecule has 0 radical (unpaired) electrons. The average Bonchev–Trinajstić information content (AvgIpc) is 3.32. The summed E-state index contributed by atoms with van der Waals surface area (Å²) in [5.41, 5.74) is 1.03. The Morgan fingerprint density at radius 1 is 0.972 bits per heavy atom. The first-order valence-electron chi connectivity index (χ1n) is 13.2. The minimum atomic E-state index is -0.508. The lowest BCUT2D eigenvalue weighted by Gasteiger charge is -2.68. The summed E-state index contributed by atoms with van der Waals surface area (Å²) >= 11 is 0. The first-order chi connectivity index (χ1) is 16.9. The number of esters is 3. The maximum atomic E-state index is 12.9. The van der Waals surface area contributed by atoms with Gasteiger partial charge < -0.3 is 18.6 Å². The highest BCUT2D eigenvalue weighted by atomic mass is 16.6. The molecule has 7 nitrogen and oxygen atoms in total. The zero-order chi connectivity index (χ0) is 26.0. The molecular weight excluding hydrogens is 460 g/mol. The van der Waals surface area contributed by atoms with Gasteiger partial charge >= 0.3 is 17.9 Å². The Balaban J connectivity index is 1.60. The minimum Gasteiger partial charge on any atom is -0.472 e. The Labute approximate surface area is 212 Å². The van der Waals surface area contributed by atoms with Crippen LogP contribution in [0.2, 0.25) is 0 Å². The summed E-state index contributed by atoms with van der Waals surface area (Å²) in [6.45, 7) is 11.9. The zero-order valence-electron chi connectivity index (χ0n) is 22.2. The van der Waals surface area contributed by atoms with Crippen LogP contribution in [0.15, 0.2) is 34.7 Å². The van der Waals surface area contributed by atoms with Crippen LogP contribution in [0.4, 0.5) is 0 Å². The van der Waals surface area contributed by atoms with Crippen molar-refractivity contribution in [2.75, 3.05) is 0 Å². The van der Waals surface area contributed by atoms with Gasteiger partial charge in [0.1, 0.15) is 18.3 Å².